The smallest absolute Gasteiger partial charge is 0.129 e. The van der Waals surface area contributed by atoms with Crippen LogP contribution in [0.1, 0.15) is 5.56 Å². The van der Waals surface area contributed by atoms with E-state index in [4.69, 9.17) is 4.98 Å². The Morgan fingerprint density at radius 2 is 1.61 bits per heavy atom. The molecule has 1 fully saturated rings. The first kappa shape index (κ1) is 14.2. The normalized spacial score (nSPS) is 15.9. The van der Waals surface area contributed by atoms with Crippen LogP contribution in [0.2, 0.25) is 0 Å². The van der Waals surface area contributed by atoms with Crippen LogP contribution in [0, 0.1) is 0 Å². The van der Waals surface area contributed by atoms with Crippen LogP contribution in [-0.2, 0) is 6.54 Å². The van der Waals surface area contributed by atoms with Crippen molar-refractivity contribution in [2.24, 2.45) is 0 Å². The second kappa shape index (κ2) is 6.34. The summed E-state index contributed by atoms with van der Waals surface area (Å²) in [6, 6.07) is 16.8. The number of rotatable bonds is 3. The van der Waals surface area contributed by atoms with Crippen LogP contribution in [0.3, 0.4) is 0 Å². The molecule has 0 atom stereocenters. The summed E-state index contributed by atoms with van der Waals surface area (Å²) in [7, 11) is 0. The molecule has 1 aliphatic rings. The van der Waals surface area contributed by atoms with E-state index in [2.05, 4.69) is 57.2 Å². The summed E-state index contributed by atoms with van der Waals surface area (Å²) in [6.45, 7) is 5.18. The van der Waals surface area contributed by atoms with Gasteiger partial charge in [-0.2, -0.15) is 0 Å². The van der Waals surface area contributed by atoms with Gasteiger partial charge in [-0.1, -0.05) is 18.2 Å². The zero-order valence-electron chi connectivity index (χ0n) is 13.1. The summed E-state index contributed by atoms with van der Waals surface area (Å²) in [5.74, 6) is 1.09. The molecule has 1 aromatic carbocycles. The van der Waals surface area contributed by atoms with Crippen molar-refractivity contribution in [1.82, 2.24) is 14.9 Å². The maximum atomic E-state index is 4.81. The standard InChI is InChI=1S/C19H20N4/c1-2-4-18-17(3-1)5-6-19(21-18)23-13-11-22(12-14-23)15-16-7-9-20-10-8-16/h1-10H,11-15H2. The Morgan fingerprint density at radius 1 is 0.826 bits per heavy atom. The van der Waals surface area contributed by atoms with Crippen molar-refractivity contribution in [3.63, 3.8) is 0 Å². The second-order valence-electron chi connectivity index (χ2n) is 5.98. The van der Waals surface area contributed by atoms with Crippen molar-refractivity contribution in [2.75, 3.05) is 31.1 Å². The molecule has 1 aliphatic heterocycles. The Balaban J connectivity index is 1.42. The molecule has 4 rings (SSSR count). The number of benzene rings is 1. The first-order valence-corrected chi connectivity index (χ1v) is 8.10. The molecular formula is C19H20N4. The van der Waals surface area contributed by atoms with E-state index < -0.39 is 0 Å². The molecule has 3 aromatic rings. The molecule has 0 aliphatic carbocycles. The molecule has 0 saturated carbocycles. The summed E-state index contributed by atoms with van der Waals surface area (Å²) < 4.78 is 0. The van der Waals surface area contributed by atoms with Gasteiger partial charge in [-0.15, -0.1) is 0 Å². The molecule has 23 heavy (non-hydrogen) atoms. The minimum absolute atomic E-state index is 1.00. The molecule has 4 nitrogen and oxygen atoms in total. The van der Waals surface area contributed by atoms with Crippen LogP contribution in [-0.4, -0.2) is 41.0 Å². The third-order valence-corrected chi connectivity index (χ3v) is 4.44. The van der Waals surface area contributed by atoms with E-state index in [1.807, 2.05) is 18.5 Å². The Hall–Kier alpha value is -2.46. The molecule has 0 bridgehead atoms. The van der Waals surface area contributed by atoms with E-state index in [-0.39, 0.29) is 0 Å². The van der Waals surface area contributed by atoms with E-state index in [0.717, 1.165) is 44.1 Å². The summed E-state index contributed by atoms with van der Waals surface area (Å²) >= 11 is 0. The first-order valence-electron chi connectivity index (χ1n) is 8.10. The van der Waals surface area contributed by atoms with Crippen molar-refractivity contribution in [3.8, 4) is 0 Å². The highest BCUT2D eigenvalue weighted by molar-refractivity contribution is 5.80. The van der Waals surface area contributed by atoms with Gasteiger partial charge in [0.05, 0.1) is 5.52 Å². The van der Waals surface area contributed by atoms with E-state index >= 15 is 0 Å². The van der Waals surface area contributed by atoms with Gasteiger partial charge in [0.25, 0.3) is 0 Å². The third kappa shape index (κ3) is 3.17. The average Bonchev–Trinajstić information content (AvgIpc) is 2.63. The molecule has 1 saturated heterocycles. The summed E-state index contributed by atoms with van der Waals surface area (Å²) in [4.78, 5) is 13.8. The van der Waals surface area contributed by atoms with E-state index in [1.165, 1.54) is 10.9 Å². The van der Waals surface area contributed by atoms with Gasteiger partial charge in [-0.25, -0.2) is 4.98 Å². The number of nitrogens with zero attached hydrogens (tertiary/aromatic N) is 4. The molecular weight excluding hydrogens is 284 g/mol. The minimum Gasteiger partial charge on any atom is -0.354 e. The third-order valence-electron chi connectivity index (χ3n) is 4.44. The molecule has 0 N–H and O–H groups in total. The maximum absolute atomic E-state index is 4.81. The first-order chi connectivity index (χ1) is 11.4. The molecule has 3 heterocycles. The van der Waals surface area contributed by atoms with Crippen molar-refractivity contribution in [3.05, 3.63) is 66.5 Å². The van der Waals surface area contributed by atoms with E-state index in [1.54, 1.807) is 0 Å². The number of para-hydroxylation sites is 1. The summed E-state index contributed by atoms with van der Waals surface area (Å²) in [6.07, 6.45) is 3.73. The predicted molar refractivity (Wildman–Crippen MR) is 93.5 cm³/mol. The average molecular weight is 304 g/mol. The lowest BCUT2D eigenvalue weighted by Crippen LogP contribution is -2.46. The van der Waals surface area contributed by atoms with Crippen LogP contribution in [0.15, 0.2) is 60.9 Å². The monoisotopic (exact) mass is 304 g/mol. The molecule has 2 aromatic heterocycles. The van der Waals surface area contributed by atoms with Gasteiger partial charge in [0, 0.05) is 50.5 Å². The molecule has 116 valence electrons. The minimum atomic E-state index is 1.00. The van der Waals surface area contributed by atoms with E-state index in [9.17, 15) is 0 Å². The quantitative estimate of drug-likeness (QED) is 0.745. The lowest BCUT2D eigenvalue weighted by Gasteiger charge is -2.35. The number of piperazine rings is 1. The number of pyridine rings is 2. The second-order valence-corrected chi connectivity index (χ2v) is 5.98. The van der Waals surface area contributed by atoms with Gasteiger partial charge in [0.15, 0.2) is 0 Å². The highest BCUT2D eigenvalue weighted by Gasteiger charge is 2.18. The van der Waals surface area contributed by atoms with Crippen LogP contribution in [0.4, 0.5) is 5.82 Å². The maximum Gasteiger partial charge on any atom is 0.129 e. The van der Waals surface area contributed by atoms with Gasteiger partial charge >= 0.3 is 0 Å². The number of anilines is 1. The highest BCUT2D eigenvalue weighted by atomic mass is 15.3. The fourth-order valence-corrected chi connectivity index (χ4v) is 3.11. The highest BCUT2D eigenvalue weighted by Crippen LogP contribution is 2.19. The lowest BCUT2D eigenvalue weighted by atomic mass is 10.2. The summed E-state index contributed by atoms with van der Waals surface area (Å²) in [5, 5.41) is 1.20. The molecule has 4 heteroatoms. The van der Waals surface area contributed by atoms with Crippen molar-refractivity contribution in [2.45, 2.75) is 6.54 Å². The molecule has 0 amide bonds. The summed E-state index contributed by atoms with van der Waals surface area (Å²) in [5.41, 5.74) is 2.40. The lowest BCUT2D eigenvalue weighted by molar-refractivity contribution is 0.249. The fourth-order valence-electron chi connectivity index (χ4n) is 3.11. The van der Waals surface area contributed by atoms with Gasteiger partial charge in [0.1, 0.15) is 5.82 Å². The number of aromatic nitrogens is 2. The molecule has 0 spiro atoms. The topological polar surface area (TPSA) is 32.3 Å². The van der Waals surface area contributed by atoms with E-state index in [0.29, 0.717) is 0 Å². The zero-order chi connectivity index (χ0) is 15.5. The van der Waals surface area contributed by atoms with Crippen LogP contribution >= 0.6 is 0 Å². The Bertz CT molecular complexity index is 779. The van der Waals surface area contributed by atoms with Gasteiger partial charge < -0.3 is 4.90 Å². The zero-order valence-corrected chi connectivity index (χ0v) is 13.1. The van der Waals surface area contributed by atoms with Crippen LogP contribution in [0.5, 0.6) is 0 Å². The van der Waals surface area contributed by atoms with Crippen molar-refractivity contribution in [1.29, 1.82) is 0 Å². The number of fused-ring (bicyclic) bond motifs is 1. The van der Waals surface area contributed by atoms with Gasteiger partial charge in [0.2, 0.25) is 0 Å². The van der Waals surface area contributed by atoms with Crippen molar-refractivity contribution >= 4 is 16.7 Å². The predicted octanol–water partition coefficient (Wildman–Crippen LogP) is 2.95. The molecule has 0 radical (unpaired) electrons. The Labute approximate surface area is 136 Å². The molecule has 0 unspecified atom stereocenters. The van der Waals surface area contributed by atoms with Crippen LogP contribution in [0.25, 0.3) is 10.9 Å². The Morgan fingerprint density at radius 3 is 2.43 bits per heavy atom. The number of hydrogen-bond donors (Lipinski definition) is 0. The van der Waals surface area contributed by atoms with Gasteiger partial charge in [-0.3, -0.25) is 9.88 Å². The fraction of sp³-hybridized carbons (Fsp3) is 0.263. The largest absolute Gasteiger partial charge is 0.354 e. The van der Waals surface area contributed by atoms with Gasteiger partial charge in [-0.05, 0) is 35.9 Å². The Kier molecular flexibility index (Phi) is 3.90. The van der Waals surface area contributed by atoms with Crippen LogP contribution < -0.4 is 4.90 Å². The number of hydrogen-bond acceptors (Lipinski definition) is 4. The van der Waals surface area contributed by atoms with Crippen molar-refractivity contribution < 1.29 is 0 Å². The SMILES string of the molecule is c1ccc2nc(N3CCN(Cc4ccncc4)CC3)ccc2c1.